The van der Waals surface area contributed by atoms with E-state index in [-0.39, 0.29) is 27.8 Å². The Hall–Kier alpha value is -2.94. The van der Waals surface area contributed by atoms with Crippen molar-refractivity contribution in [1.29, 1.82) is 0 Å². The van der Waals surface area contributed by atoms with Crippen LogP contribution < -0.4 is 14.8 Å². The molecular formula is C14H7ClF2N2O5. The molecule has 0 fully saturated rings. The smallest absolute Gasteiger partial charge is 0.395 e. The monoisotopic (exact) mass is 356 g/mol. The van der Waals surface area contributed by atoms with Crippen LogP contribution in [-0.4, -0.2) is 17.1 Å². The first-order chi connectivity index (χ1) is 11.2. The Labute approximate surface area is 137 Å². The van der Waals surface area contributed by atoms with Gasteiger partial charge in [0.1, 0.15) is 5.56 Å². The highest BCUT2D eigenvalue weighted by Crippen LogP contribution is 2.42. The molecule has 0 aromatic heterocycles. The summed E-state index contributed by atoms with van der Waals surface area (Å²) in [7, 11) is 0. The quantitative estimate of drug-likeness (QED) is 0.666. The van der Waals surface area contributed by atoms with Crippen molar-refractivity contribution in [2.75, 3.05) is 5.32 Å². The lowest BCUT2D eigenvalue weighted by molar-refractivity contribution is -0.385. The van der Waals surface area contributed by atoms with Gasteiger partial charge in [-0.3, -0.25) is 14.9 Å². The van der Waals surface area contributed by atoms with Gasteiger partial charge in [0.2, 0.25) is 0 Å². The van der Waals surface area contributed by atoms with E-state index in [9.17, 15) is 23.7 Å². The second-order valence-corrected chi connectivity index (χ2v) is 5.14. The van der Waals surface area contributed by atoms with Crippen LogP contribution in [0.3, 0.4) is 0 Å². The van der Waals surface area contributed by atoms with Crippen LogP contribution in [0.25, 0.3) is 0 Å². The molecule has 0 spiro atoms. The number of anilines is 1. The molecule has 1 aliphatic heterocycles. The van der Waals surface area contributed by atoms with Crippen molar-refractivity contribution >= 4 is 28.9 Å². The molecule has 0 bridgehead atoms. The predicted molar refractivity (Wildman–Crippen MR) is 78.7 cm³/mol. The molecule has 3 rings (SSSR count). The normalized spacial score (nSPS) is 14.3. The van der Waals surface area contributed by atoms with E-state index in [4.69, 9.17) is 11.6 Å². The molecule has 1 amide bonds. The molecule has 0 atom stereocenters. The third-order valence-electron chi connectivity index (χ3n) is 3.06. The Bertz CT molecular complexity index is 859. The maximum atomic E-state index is 13.0. The molecule has 1 aliphatic rings. The molecule has 0 aliphatic carbocycles. The standard InChI is InChI=1S/C14H7ClF2N2O5/c15-7-1-3-9(10(5-7)19(21)22)13(20)18-8-2-4-11-12(6-8)24-14(16,17)23-11/h1-6H,(H,18,20). The lowest BCUT2D eigenvalue weighted by Gasteiger charge is -2.07. The SMILES string of the molecule is O=C(Nc1ccc2c(c1)OC(F)(F)O2)c1ccc(Cl)cc1[N+](=O)[O-]. The number of nitrogens with one attached hydrogen (secondary N) is 1. The summed E-state index contributed by atoms with van der Waals surface area (Å²) in [5.74, 6) is -1.25. The van der Waals surface area contributed by atoms with E-state index in [1.54, 1.807) is 0 Å². The summed E-state index contributed by atoms with van der Waals surface area (Å²) < 4.78 is 34.4. The van der Waals surface area contributed by atoms with E-state index < -0.39 is 22.8 Å². The maximum absolute atomic E-state index is 13.0. The van der Waals surface area contributed by atoms with Gasteiger partial charge in [0.15, 0.2) is 11.5 Å². The Balaban J connectivity index is 1.86. The van der Waals surface area contributed by atoms with Crippen molar-refractivity contribution in [3.8, 4) is 11.5 Å². The summed E-state index contributed by atoms with van der Waals surface area (Å²) in [4.78, 5) is 22.5. The van der Waals surface area contributed by atoms with Gasteiger partial charge in [0, 0.05) is 22.8 Å². The van der Waals surface area contributed by atoms with Gasteiger partial charge in [-0.2, -0.15) is 0 Å². The molecule has 10 heteroatoms. The first-order valence-corrected chi connectivity index (χ1v) is 6.78. The molecular weight excluding hydrogens is 350 g/mol. The first kappa shape index (κ1) is 15.9. The number of hydrogen-bond acceptors (Lipinski definition) is 5. The van der Waals surface area contributed by atoms with E-state index >= 15 is 0 Å². The van der Waals surface area contributed by atoms with Gasteiger partial charge in [-0.25, -0.2) is 0 Å². The molecule has 2 aromatic rings. The number of nitro benzene ring substituents is 1. The number of amides is 1. The van der Waals surface area contributed by atoms with E-state index in [0.29, 0.717) is 0 Å². The Morgan fingerprint density at radius 3 is 2.58 bits per heavy atom. The largest absolute Gasteiger partial charge is 0.586 e. The van der Waals surface area contributed by atoms with Gasteiger partial charge in [-0.15, -0.1) is 8.78 Å². The van der Waals surface area contributed by atoms with Gasteiger partial charge in [-0.1, -0.05) is 11.6 Å². The van der Waals surface area contributed by atoms with Crippen molar-refractivity contribution in [2.45, 2.75) is 6.29 Å². The number of alkyl halides is 2. The zero-order valence-corrected chi connectivity index (χ0v) is 12.3. The van der Waals surface area contributed by atoms with Gasteiger partial charge in [0.05, 0.1) is 4.92 Å². The minimum absolute atomic E-state index is 0.101. The number of hydrogen-bond donors (Lipinski definition) is 1. The highest BCUT2D eigenvalue weighted by molar-refractivity contribution is 6.31. The van der Waals surface area contributed by atoms with Gasteiger partial charge >= 0.3 is 6.29 Å². The van der Waals surface area contributed by atoms with Crippen LogP contribution in [0, 0.1) is 10.1 Å². The van der Waals surface area contributed by atoms with Crippen molar-refractivity contribution in [3.05, 3.63) is 57.1 Å². The maximum Gasteiger partial charge on any atom is 0.586 e. The molecule has 1 N–H and O–H groups in total. The molecule has 24 heavy (non-hydrogen) atoms. The number of halogens is 3. The molecule has 7 nitrogen and oxygen atoms in total. The Morgan fingerprint density at radius 1 is 1.17 bits per heavy atom. The summed E-state index contributed by atoms with van der Waals surface area (Å²) in [6, 6.07) is 7.15. The summed E-state index contributed by atoms with van der Waals surface area (Å²) in [5.41, 5.74) is -0.607. The summed E-state index contributed by atoms with van der Waals surface area (Å²) in [6.45, 7) is 0. The zero-order chi connectivity index (χ0) is 17.5. The molecule has 0 unspecified atom stereocenters. The third kappa shape index (κ3) is 3.06. The predicted octanol–water partition coefficient (Wildman–Crippen LogP) is 3.82. The van der Waals surface area contributed by atoms with E-state index in [1.165, 1.54) is 24.3 Å². The minimum Gasteiger partial charge on any atom is -0.395 e. The lowest BCUT2D eigenvalue weighted by Crippen LogP contribution is -2.25. The third-order valence-corrected chi connectivity index (χ3v) is 3.30. The number of nitrogens with zero attached hydrogens (tertiary/aromatic N) is 1. The number of ether oxygens (including phenoxy) is 2. The van der Waals surface area contributed by atoms with Gasteiger partial charge in [0.25, 0.3) is 11.6 Å². The number of carbonyl (C=O) groups excluding carboxylic acids is 1. The molecule has 2 aromatic carbocycles. The van der Waals surface area contributed by atoms with Crippen molar-refractivity contribution < 1.29 is 28.0 Å². The molecule has 0 saturated carbocycles. The van der Waals surface area contributed by atoms with Crippen LogP contribution in [0.5, 0.6) is 11.5 Å². The molecule has 0 radical (unpaired) electrons. The first-order valence-electron chi connectivity index (χ1n) is 6.40. The van der Waals surface area contributed by atoms with Crippen molar-refractivity contribution in [1.82, 2.24) is 0 Å². The fourth-order valence-electron chi connectivity index (χ4n) is 2.07. The minimum atomic E-state index is -3.78. The van der Waals surface area contributed by atoms with Crippen molar-refractivity contribution in [2.24, 2.45) is 0 Å². The number of fused-ring (bicyclic) bond motifs is 1. The van der Waals surface area contributed by atoms with Crippen LogP contribution >= 0.6 is 11.6 Å². The number of rotatable bonds is 3. The zero-order valence-electron chi connectivity index (χ0n) is 11.6. The fourth-order valence-corrected chi connectivity index (χ4v) is 2.24. The average Bonchev–Trinajstić information content (AvgIpc) is 2.80. The van der Waals surface area contributed by atoms with Crippen LogP contribution in [-0.2, 0) is 0 Å². The Kier molecular flexibility index (Phi) is 3.72. The average molecular weight is 357 g/mol. The van der Waals surface area contributed by atoms with E-state index in [2.05, 4.69) is 14.8 Å². The fraction of sp³-hybridized carbons (Fsp3) is 0.0714. The molecule has 124 valence electrons. The van der Waals surface area contributed by atoms with E-state index in [1.807, 2.05) is 0 Å². The number of benzene rings is 2. The van der Waals surface area contributed by atoms with Crippen molar-refractivity contribution in [3.63, 3.8) is 0 Å². The number of nitro groups is 1. The second-order valence-electron chi connectivity index (χ2n) is 4.70. The summed E-state index contributed by atoms with van der Waals surface area (Å²) in [5, 5.41) is 13.5. The van der Waals surface area contributed by atoms with Crippen LogP contribution in [0.4, 0.5) is 20.2 Å². The number of carbonyl (C=O) groups is 1. The second kappa shape index (κ2) is 5.60. The molecule has 1 heterocycles. The van der Waals surface area contributed by atoms with Gasteiger partial charge in [-0.05, 0) is 24.3 Å². The lowest BCUT2D eigenvalue weighted by atomic mass is 10.1. The van der Waals surface area contributed by atoms with Gasteiger partial charge < -0.3 is 14.8 Å². The molecule has 0 saturated heterocycles. The summed E-state index contributed by atoms with van der Waals surface area (Å²) >= 11 is 5.68. The van der Waals surface area contributed by atoms with E-state index in [0.717, 1.165) is 12.1 Å². The van der Waals surface area contributed by atoms with Crippen LogP contribution in [0.15, 0.2) is 36.4 Å². The highest BCUT2D eigenvalue weighted by atomic mass is 35.5. The van der Waals surface area contributed by atoms with Crippen LogP contribution in [0.2, 0.25) is 5.02 Å². The Morgan fingerprint density at radius 2 is 1.88 bits per heavy atom. The van der Waals surface area contributed by atoms with Crippen LogP contribution in [0.1, 0.15) is 10.4 Å². The topological polar surface area (TPSA) is 90.7 Å². The highest BCUT2D eigenvalue weighted by Gasteiger charge is 2.43. The summed E-state index contributed by atoms with van der Waals surface area (Å²) in [6.07, 6.45) is -3.78.